The Morgan fingerprint density at radius 3 is 2.83 bits per heavy atom. The number of hydrogen-bond acceptors (Lipinski definition) is 4. The highest BCUT2D eigenvalue weighted by atomic mass is 19.1. The van der Waals surface area contributed by atoms with Gasteiger partial charge in [0.15, 0.2) is 17.8 Å². The predicted octanol–water partition coefficient (Wildman–Crippen LogP) is -0.0948. The molecule has 0 aliphatic carbocycles. The molecule has 0 saturated heterocycles. The second-order valence-electron chi connectivity index (χ2n) is 4.20. The summed E-state index contributed by atoms with van der Waals surface area (Å²) in [5.74, 6) is -2.26. The van der Waals surface area contributed by atoms with Crippen LogP contribution in [0.15, 0.2) is 16.7 Å². The zero-order valence-electron chi connectivity index (χ0n) is 9.58. The molecule has 2 aliphatic heterocycles. The number of urea groups is 1. The van der Waals surface area contributed by atoms with Gasteiger partial charge in [0.25, 0.3) is 0 Å². The molecular weight excluding hydrogens is 247 g/mol. The molecule has 0 aromatic carbocycles. The average molecular weight is 260 g/mol. The number of aliphatic hydroxyl groups excluding tert-OH is 3. The van der Waals surface area contributed by atoms with Gasteiger partial charge >= 0.3 is 6.03 Å². The number of halogens is 1. The molecule has 2 aliphatic rings. The van der Waals surface area contributed by atoms with Gasteiger partial charge in [-0.15, -0.1) is 0 Å². The maximum atomic E-state index is 13.7. The summed E-state index contributed by atoms with van der Waals surface area (Å²) in [6, 6.07) is -0.874. The Balaban J connectivity index is 2.26. The number of rotatable bonds is 2. The number of nitrogens with zero attached hydrogens (tertiary/aromatic N) is 2. The topological polar surface area (TPSA) is 103 Å². The number of amides is 2. The molecule has 0 radical (unpaired) electrons. The van der Waals surface area contributed by atoms with E-state index in [0.29, 0.717) is 0 Å². The van der Waals surface area contributed by atoms with Gasteiger partial charge in [0.1, 0.15) is 6.10 Å². The highest BCUT2D eigenvalue weighted by Gasteiger charge is 2.42. The monoisotopic (exact) mass is 260 g/mol. The van der Waals surface area contributed by atoms with Gasteiger partial charge in [-0.2, -0.15) is 4.99 Å². The molecule has 0 aromatic heterocycles. The van der Waals surface area contributed by atoms with Crippen LogP contribution in [0.3, 0.4) is 0 Å². The molecule has 100 valence electrons. The van der Waals surface area contributed by atoms with Crippen LogP contribution >= 0.6 is 0 Å². The normalized spacial score (nSPS) is 32.7. The first-order valence-corrected chi connectivity index (χ1v) is 5.40. The van der Waals surface area contributed by atoms with Gasteiger partial charge in [-0.25, -0.2) is 9.18 Å². The Labute approximate surface area is 102 Å². The van der Waals surface area contributed by atoms with Gasteiger partial charge in [-0.1, -0.05) is 6.92 Å². The molecule has 0 saturated carbocycles. The summed E-state index contributed by atoms with van der Waals surface area (Å²) in [6.45, 7) is 1.01. The number of carbonyl (C=O) groups is 1. The minimum absolute atomic E-state index is 0.0121. The molecule has 3 N–H and O–H groups in total. The Bertz CT molecular complexity index is 436. The summed E-state index contributed by atoms with van der Waals surface area (Å²) < 4.78 is 18.7. The third-order valence-corrected chi connectivity index (χ3v) is 2.84. The van der Waals surface area contributed by atoms with Crippen LogP contribution in [0.25, 0.3) is 0 Å². The first-order valence-electron chi connectivity index (χ1n) is 5.40. The summed E-state index contributed by atoms with van der Waals surface area (Å²) in [5, 5.41) is 27.6. The Kier molecular flexibility index (Phi) is 3.22. The van der Waals surface area contributed by atoms with Crippen LogP contribution in [0.1, 0.15) is 6.92 Å². The fourth-order valence-electron chi connectivity index (χ4n) is 1.76. The molecule has 2 rings (SSSR count). The van der Waals surface area contributed by atoms with Crippen molar-refractivity contribution in [1.82, 2.24) is 4.90 Å². The second kappa shape index (κ2) is 4.54. The summed E-state index contributed by atoms with van der Waals surface area (Å²) in [6.07, 6.45) is -2.74. The molecule has 0 bridgehead atoms. The Morgan fingerprint density at radius 2 is 2.28 bits per heavy atom. The molecule has 3 unspecified atom stereocenters. The number of aliphatic hydroxyl groups is 3. The van der Waals surface area contributed by atoms with Gasteiger partial charge in [0, 0.05) is 6.54 Å². The van der Waals surface area contributed by atoms with Crippen molar-refractivity contribution in [2.24, 2.45) is 10.9 Å². The largest absolute Gasteiger partial charge is 0.496 e. The fraction of sp³-hybridized carbons (Fsp3) is 0.600. The lowest BCUT2D eigenvalue weighted by atomic mass is 10.1. The molecule has 2 heterocycles. The molecule has 0 spiro atoms. The van der Waals surface area contributed by atoms with E-state index in [-0.39, 0.29) is 12.4 Å². The van der Waals surface area contributed by atoms with Crippen LogP contribution in [0.4, 0.5) is 9.18 Å². The SMILES string of the molecule is CC1CN(C2=C(F)C(O)C(CO)O2)C(=O)N=C1O. The summed E-state index contributed by atoms with van der Waals surface area (Å²) >= 11 is 0. The van der Waals surface area contributed by atoms with Crippen LogP contribution in [-0.2, 0) is 4.74 Å². The minimum atomic E-state index is -1.60. The molecule has 18 heavy (non-hydrogen) atoms. The maximum absolute atomic E-state index is 13.7. The lowest BCUT2D eigenvalue weighted by molar-refractivity contribution is -0.00880. The average Bonchev–Trinajstić information content (AvgIpc) is 2.61. The number of ether oxygens (including phenoxy) is 1. The summed E-state index contributed by atoms with van der Waals surface area (Å²) in [7, 11) is 0. The quantitative estimate of drug-likeness (QED) is 0.643. The molecule has 3 atom stereocenters. The van der Waals surface area contributed by atoms with E-state index in [2.05, 4.69) is 4.99 Å². The van der Waals surface area contributed by atoms with Crippen LogP contribution in [0, 0.1) is 5.92 Å². The van der Waals surface area contributed by atoms with E-state index in [1.165, 1.54) is 0 Å². The fourth-order valence-corrected chi connectivity index (χ4v) is 1.76. The number of carbonyl (C=O) groups excluding carboxylic acids is 1. The van der Waals surface area contributed by atoms with Gasteiger partial charge in [0.05, 0.1) is 12.5 Å². The first-order chi connectivity index (χ1) is 8.45. The van der Waals surface area contributed by atoms with Crippen molar-refractivity contribution in [3.05, 3.63) is 11.7 Å². The van der Waals surface area contributed by atoms with Crippen LogP contribution < -0.4 is 0 Å². The van der Waals surface area contributed by atoms with Crippen LogP contribution in [-0.4, -0.2) is 57.5 Å². The van der Waals surface area contributed by atoms with Gasteiger partial charge in [-0.3, -0.25) is 4.90 Å². The van der Waals surface area contributed by atoms with Gasteiger partial charge < -0.3 is 20.1 Å². The third-order valence-electron chi connectivity index (χ3n) is 2.84. The predicted molar refractivity (Wildman–Crippen MR) is 57.4 cm³/mol. The zero-order chi connectivity index (χ0) is 13.4. The second-order valence-corrected chi connectivity index (χ2v) is 4.20. The van der Waals surface area contributed by atoms with Crippen LogP contribution in [0.2, 0.25) is 0 Å². The van der Waals surface area contributed by atoms with E-state index in [9.17, 15) is 19.4 Å². The van der Waals surface area contributed by atoms with E-state index in [4.69, 9.17) is 9.84 Å². The standard InChI is InChI=1S/C10H13FN2O5/c1-4-2-13(10(17)12-8(4)16)9-6(11)7(15)5(3-14)18-9/h4-5,7,14-15H,2-3H2,1H3,(H,12,16,17). The minimum Gasteiger partial charge on any atom is -0.496 e. The van der Waals surface area contributed by atoms with E-state index in [1.807, 2.05) is 0 Å². The first kappa shape index (κ1) is 12.8. The van der Waals surface area contributed by atoms with Crippen molar-refractivity contribution in [3.63, 3.8) is 0 Å². The smallest absolute Gasteiger partial charge is 0.353 e. The highest BCUT2D eigenvalue weighted by Crippen LogP contribution is 2.31. The zero-order valence-corrected chi connectivity index (χ0v) is 9.58. The van der Waals surface area contributed by atoms with Crippen molar-refractivity contribution < 1.29 is 29.2 Å². The highest BCUT2D eigenvalue weighted by molar-refractivity contribution is 5.93. The summed E-state index contributed by atoms with van der Waals surface area (Å²) in [4.78, 5) is 15.8. The Hall–Kier alpha value is -1.67. The number of hydrogen-bond donors (Lipinski definition) is 3. The van der Waals surface area contributed by atoms with E-state index in [1.54, 1.807) is 6.92 Å². The molecule has 0 aromatic rings. The molecule has 7 nitrogen and oxygen atoms in total. The Morgan fingerprint density at radius 1 is 1.61 bits per heavy atom. The van der Waals surface area contributed by atoms with E-state index >= 15 is 0 Å². The van der Waals surface area contributed by atoms with Crippen LogP contribution in [0.5, 0.6) is 0 Å². The number of aliphatic imine (C=N–C) groups is 1. The third kappa shape index (κ3) is 1.93. The van der Waals surface area contributed by atoms with Crippen molar-refractivity contribution in [1.29, 1.82) is 0 Å². The molecule has 8 heteroatoms. The van der Waals surface area contributed by atoms with Gasteiger partial charge in [0.2, 0.25) is 5.88 Å². The van der Waals surface area contributed by atoms with Crippen molar-refractivity contribution in [2.75, 3.05) is 13.2 Å². The van der Waals surface area contributed by atoms with E-state index < -0.39 is 42.5 Å². The van der Waals surface area contributed by atoms with Crippen molar-refractivity contribution in [2.45, 2.75) is 19.1 Å². The summed E-state index contributed by atoms with van der Waals surface area (Å²) in [5.41, 5.74) is 0. The maximum Gasteiger partial charge on any atom is 0.353 e. The molecule has 0 fully saturated rings. The van der Waals surface area contributed by atoms with Crippen molar-refractivity contribution >= 4 is 11.9 Å². The molecule has 2 amide bonds. The lowest BCUT2D eigenvalue weighted by Crippen LogP contribution is -2.40. The lowest BCUT2D eigenvalue weighted by Gasteiger charge is -2.27. The molecular formula is C10H13FN2O5. The van der Waals surface area contributed by atoms with E-state index in [0.717, 1.165) is 4.90 Å². The van der Waals surface area contributed by atoms with Crippen molar-refractivity contribution in [3.8, 4) is 0 Å². The van der Waals surface area contributed by atoms with Gasteiger partial charge in [-0.05, 0) is 0 Å².